The van der Waals surface area contributed by atoms with Crippen molar-refractivity contribution in [3.63, 3.8) is 0 Å². The molecular formula is C24H23ClN2O. The van der Waals surface area contributed by atoms with E-state index in [-0.39, 0.29) is 0 Å². The van der Waals surface area contributed by atoms with Gasteiger partial charge in [0.2, 0.25) is 0 Å². The summed E-state index contributed by atoms with van der Waals surface area (Å²) in [6.07, 6.45) is 1.98. The molecule has 0 aliphatic rings. The van der Waals surface area contributed by atoms with Gasteiger partial charge in [-0.25, -0.2) is 4.98 Å². The normalized spacial score (nSPS) is 11.1. The second kappa shape index (κ2) is 8.49. The zero-order valence-corrected chi connectivity index (χ0v) is 16.7. The Balaban J connectivity index is 1.49. The second-order valence-corrected chi connectivity index (χ2v) is 7.28. The first-order valence-corrected chi connectivity index (χ1v) is 10.0. The highest BCUT2D eigenvalue weighted by molar-refractivity contribution is 6.33. The fourth-order valence-electron chi connectivity index (χ4n) is 3.42. The predicted molar refractivity (Wildman–Crippen MR) is 116 cm³/mol. The number of aryl methyl sites for hydroxylation is 2. The number of hydrogen-bond donors (Lipinski definition) is 0. The number of benzene rings is 3. The number of unbranched alkanes of at least 4 members (excludes halogenated alkanes) is 1. The summed E-state index contributed by atoms with van der Waals surface area (Å²) in [6.45, 7) is 3.65. The number of rotatable bonds is 7. The van der Waals surface area contributed by atoms with Crippen LogP contribution in [0, 0.1) is 6.92 Å². The van der Waals surface area contributed by atoms with Crippen molar-refractivity contribution in [3.8, 4) is 17.1 Å². The summed E-state index contributed by atoms with van der Waals surface area (Å²) in [6, 6.07) is 24.3. The van der Waals surface area contributed by atoms with Crippen molar-refractivity contribution in [3.05, 3.63) is 83.4 Å². The molecule has 0 aliphatic heterocycles. The molecule has 0 atom stereocenters. The molecule has 1 heterocycles. The lowest BCUT2D eigenvalue weighted by Crippen LogP contribution is -2.04. The van der Waals surface area contributed by atoms with E-state index in [4.69, 9.17) is 21.3 Å². The van der Waals surface area contributed by atoms with Gasteiger partial charge in [0.1, 0.15) is 11.6 Å². The van der Waals surface area contributed by atoms with Crippen LogP contribution in [0.25, 0.3) is 22.4 Å². The third-order valence-corrected chi connectivity index (χ3v) is 5.23. The minimum atomic E-state index is 0.707. The van der Waals surface area contributed by atoms with Gasteiger partial charge in [0, 0.05) is 12.1 Å². The summed E-state index contributed by atoms with van der Waals surface area (Å²) in [5, 5.41) is 0.724. The van der Waals surface area contributed by atoms with Gasteiger partial charge in [-0.2, -0.15) is 0 Å². The maximum Gasteiger partial charge on any atom is 0.142 e. The summed E-state index contributed by atoms with van der Waals surface area (Å²) in [7, 11) is 0. The highest BCUT2D eigenvalue weighted by Gasteiger charge is 2.14. The molecule has 0 fully saturated rings. The Morgan fingerprint density at radius 1 is 0.893 bits per heavy atom. The number of para-hydroxylation sites is 3. The van der Waals surface area contributed by atoms with Crippen molar-refractivity contribution >= 4 is 22.6 Å². The van der Waals surface area contributed by atoms with E-state index in [0.29, 0.717) is 6.61 Å². The van der Waals surface area contributed by atoms with Crippen LogP contribution >= 0.6 is 11.6 Å². The van der Waals surface area contributed by atoms with E-state index in [1.807, 2.05) is 54.6 Å². The summed E-state index contributed by atoms with van der Waals surface area (Å²) < 4.78 is 8.20. The first-order valence-electron chi connectivity index (χ1n) is 9.62. The molecule has 0 aliphatic carbocycles. The average molecular weight is 391 g/mol. The Labute approximate surface area is 170 Å². The zero-order valence-electron chi connectivity index (χ0n) is 15.9. The highest BCUT2D eigenvalue weighted by Crippen LogP contribution is 2.30. The smallest absolute Gasteiger partial charge is 0.142 e. The summed E-state index contributed by atoms with van der Waals surface area (Å²) in [5.74, 6) is 1.89. The SMILES string of the molecule is Cc1ccccc1OCCCCn1c(-c2ccccc2Cl)nc2ccccc21. The Morgan fingerprint density at radius 3 is 2.50 bits per heavy atom. The van der Waals surface area contributed by atoms with Crippen molar-refractivity contribution in [2.24, 2.45) is 0 Å². The van der Waals surface area contributed by atoms with Gasteiger partial charge < -0.3 is 9.30 Å². The van der Waals surface area contributed by atoms with E-state index in [2.05, 4.69) is 29.7 Å². The van der Waals surface area contributed by atoms with Crippen LogP contribution in [-0.4, -0.2) is 16.2 Å². The van der Waals surface area contributed by atoms with Gasteiger partial charge in [0.15, 0.2) is 0 Å². The topological polar surface area (TPSA) is 27.1 Å². The van der Waals surface area contributed by atoms with Gasteiger partial charge in [0.05, 0.1) is 22.7 Å². The lowest BCUT2D eigenvalue weighted by Gasteiger charge is -2.12. The number of halogens is 1. The van der Waals surface area contributed by atoms with Gasteiger partial charge in [-0.15, -0.1) is 0 Å². The molecule has 0 unspecified atom stereocenters. The number of fused-ring (bicyclic) bond motifs is 1. The molecule has 1 aromatic heterocycles. The minimum Gasteiger partial charge on any atom is -0.493 e. The molecule has 0 radical (unpaired) electrons. The number of imidazole rings is 1. The van der Waals surface area contributed by atoms with Gasteiger partial charge in [-0.05, 0) is 55.7 Å². The largest absolute Gasteiger partial charge is 0.493 e. The monoisotopic (exact) mass is 390 g/mol. The number of nitrogens with zero attached hydrogens (tertiary/aromatic N) is 2. The van der Waals surface area contributed by atoms with Crippen molar-refractivity contribution in [1.82, 2.24) is 9.55 Å². The summed E-state index contributed by atoms with van der Waals surface area (Å²) >= 11 is 6.45. The van der Waals surface area contributed by atoms with E-state index in [1.165, 1.54) is 5.56 Å². The molecule has 0 saturated heterocycles. The zero-order chi connectivity index (χ0) is 19.3. The molecule has 4 heteroatoms. The maximum absolute atomic E-state index is 6.45. The minimum absolute atomic E-state index is 0.707. The van der Waals surface area contributed by atoms with E-state index in [1.54, 1.807) is 0 Å². The molecule has 0 bridgehead atoms. The van der Waals surface area contributed by atoms with Crippen LogP contribution in [0.2, 0.25) is 5.02 Å². The van der Waals surface area contributed by atoms with E-state index >= 15 is 0 Å². The lowest BCUT2D eigenvalue weighted by atomic mass is 10.2. The van der Waals surface area contributed by atoms with E-state index in [0.717, 1.165) is 52.6 Å². The standard InChI is InChI=1S/C24H23ClN2O/c1-18-10-2-7-15-23(18)28-17-9-8-16-27-22-14-6-5-13-21(22)26-24(27)19-11-3-4-12-20(19)25/h2-7,10-15H,8-9,16-17H2,1H3. The second-order valence-electron chi connectivity index (χ2n) is 6.88. The summed E-state index contributed by atoms with van der Waals surface area (Å²) in [5.41, 5.74) is 4.27. The van der Waals surface area contributed by atoms with Crippen LogP contribution in [0.5, 0.6) is 5.75 Å². The molecule has 0 saturated carbocycles. The molecule has 0 spiro atoms. The first-order chi connectivity index (χ1) is 13.7. The highest BCUT2D eigenvalue weighted by atomic mass is 35.5. The molecule has 0 N–H and O–H groups in total. The summed E-state index contributed by atoms with van der Waals surface area (Å²) in [4.78, 5) is 4.85. The van der Waals surface area contributed by atoms with Gasteiger partial charge in [-0.3, -0.25) is 0 Å². The quantitative estimate of drug-likeness (QED) is 0.335. The van der Waals surface area contributed by atoms with Gasteiger partial charge in [0.25, 0.3) is 0 Å². The van der Waals surface area contributed by atoms with Crippen LogP contribution < -0.4 is 4.74 Å². The number of aromatic nitrogens is 2. The van der Waals surface area contributed by atoms with Gasteiger partial charge in [-0.1, -0.05) is 54.1 Å². The van der Waals surface area contributed by atoms with Gasteiger partial charge >= 0.3 is 0 Å². The lowest BCUT2D eigenvalue weighted by molar-refractivity contribution is 0.302. The van der Waals surface area contributed by atoms with Crippen LogP contribution in [0.4, 0.5) is 0 Å². The third-order valence-electron chi connectivity index (χ3n) is 4.90. The Kier molecular flexibility index (Phi) is 5.63. The number of ether oxygens (including phenoxy) is 1. The molecular weight excluding hydrogens is 368 g/mol. The third kappa shape index (κ3) is 3.90. The Morgan fingerprint density at radius 2 is 1.64 bits per heavy atom. The average Bonchev–Trinajstić information content (AvgIpc) is 3.08. The van der Waals surface area contributed by atoms with Crippen LogP contribution in [0.3, 0.4) is 0 Å². The van der Waals surface area contributed by atoms with Crippen LogP contribution in [0.15, 0.2) is 72.8 Å². The van der Waals surface area contributed by atoms with Crippen molar-refractivity contribution in [2.75, 3.05) is 6.61 Å². The van der Waals surface area contributed by atoms with Crippen molar-refractivity contribution in [2.45, 2.75) is 26.3 Å². The number of hydrogen-bond acceptors (Lipinski definition) is 2. The molecule has 3 aromatic carbocycles. The molecule has 3 nitrogen and oxygen atoms in total. The molecule has 4 aromatic rings. The molecule has 0 amide bonds. The van der Waals surface area contributed by atoms with Crippen molar-refractivity contribution in [1.29, 1.82) is 0 Å². The Hall–Kier alpha value is -2.78. The molecule has 142 valence electrons. The maximum atomic E-state index is 6.45. The fraction of sp³-hybridized carbons (Fsp3) is 0.208. The van der Waals surface area contributed by atoms with E-state index in [9.17, 15) is 0 Å². The Bertz CT molecular complexity index is 1090. The van der Waals surface area contributed by atoms with Crippen LogP contribution in [-0.2, 0) is 6.54 Å². The molecule has 4 rings (SSSR count). The fourth-order valence-corrected chi connectivity index (χ4v) is 3.64. The molecule has 28 heavy (non-hydrogen) atoms. The van der Waals surface area contributed by atoms with E-state index < -0.39 is 0 Å². The predicted octanol–water partition coefficient (Wildman–Crippen LogP) is 6.52. The van der Waals surface area contributed by atoms with Crippen LogP contribution in [0.1, 0.15) is 18.4 Å². The van der Waals surface area contributed by atoms with Crippen molar-refractivity contribution < 1.29 is 4.74 Å². The first kappa shape index (κ1) is 18.6.